The lowest BCUT2D eigenvalue weighted by molar-refractivity contribution is -0.692. The summed E-state index contributed by atoms with van der Waals surface area (Å²) in [5.74, 6) is -0.149. The number of rotatable bonds is 21. The van der Waals surface area contributed by atoms with Crippen LogP contribution in [0.25, 0.3) is 0 Å². The molecule has 10 heteroatoms. The van der Waals surface area contributed by atoms with Gasteiger partial charge in [0.15, 0.2) is 12.5 Å². The number of esters is 1. The van der Waals surface area contributed by atoms with Crippen molar-refractivity contribution in [2.24, 2.45) is 0 Å². The average Bonchev–Trinajstić information content (AvgIpc) is 3.67. The standard InChI is InChI=1S/C26H46NO4S.C7H8O3S/c1-2-3-4-5-6-7-8-9-10-11-12-13-14-17-26-30-22-24(31-26)21-29-25(28)16-15-18-27-19-20-32-23-27;1-6-2-4-7(5-3-6)11(8,9)10/h19-20,23-24,26H,2-18,21-22H2,1H3;2-5H,1H3,(H,8,9,10)/q+1;/p-1. The van der Waals surface area contributed by atoms with Crippen molar-refractivity contribution >= 4 is 27.4 Å². The molecule has 1 aromatic carbocycles. The zero-order valence-electron chi connectivity index (χ0n) is 26.3. The van der Waals surface area contributed by atoms with E-state index in [-0.39, 0.29) is 23.3 Å². The number of thiazole rings is 1. The van der Waals surface area contributed by atoms with Gasteiger partial charge in [0.05, 0.1) is 23.3 Å². The van der Waals surface area contributed by atoms with Gasteiger partial charge in [0.1, 0.15) is 29.4 Å². The molecule has 2 heterocycles. The van der Waals surface area contributed by atoms with Crippen molar-refractivity contribution in [2.75, 3.05) is 13.2 Å². The second-order valence-electron chi connectivity index (χ2n) is 11.4. The fourth-order valence-electron chi connectivity index (χ4n) is 4.83. The van der Waals surface area contributed by atoms with Crippen LogP contribution in [-0.4, -0.2) is 44.5 Å². The summed E-state index contributed by atoms with van der Waals surface area (Å²) in [5.41, 5.74) is 2.98. The van der Waals surface area contributed by atoms with Crippen molar-refractivity contribution in [2.45, 2.75) is 140 Å². The second kappa shape index (κ2) is 22.6. The van der Waals surface area contributed by atoms with E-state index in [1.165, 1.54) is 89.2 Å². The van der Waals surface area contributed by atoms with E-state index >= 15 is 0 Å². The fourth-order valence-corrected chi connectivity index (χ4v) is 5.93. The molecule has 2 unspecified atom stereocenters. The number of benzene rings is 1. The van der Waals surface area contributed by atoms with Crippen molar-refractivity contribution in [3.63, 3.8) is 0 Å². The van der Waals surface area contributed by atoms with Crippen LogP contribution in [0, 0.1) is 6.92 Å². The van der Waals surface area contributed by atoms with Crippen LogP contribution in [0.15, 0.2) is 46.2 Å². The molecule has 1 saturated heterocycles. The first kappa shape index (κ1) is 37.3. The molecular weight excluding hydrogens is 586 g/mol. The smallest absolute Gasteiger partial charge is 0.306 e. The maximum atomic E-state index is 11.9. The SMILES string of the molecule is CCCCCCCCCCCCCCCC1OCC(COC(=O)CCC[n+]2ccsc2)O1.Cc1ccc(S(=O)(=O)[O-])cc1. The Balaban J connectivity index is 0.000000490. The topological polar surface area (TPSA) is 106 Å². The van der Waals surface area contributed by atoms with Crippen LogP contribution in [0.5, 0.6) is 0 Å². The molecule has 0 bridgehead atoms. The third kappa shape index (κ3) is 18.5. The largest absolute Gasteiger partial charge is 0.744 e. The number of carbonyl (C=O) groups excluding carboxylic acids is 1. The summed E-state index contributed by atoms with van der Waals surface area (Å²) in [4.78, 5) is 11.7. The van der Waals surface area contributed by atoms with Gasteiger partial charge in [0.2, 0.25) is 5.51 Å². The summed E-state index contributed by atoms with van der Waals surface area (Å²) in [5, 5.41) is 2.03. The number of hydrogen-bond donors (Lipinski definition) is 0. The van der Waals surface area contributed by atoms with E-state index in [2.05, 4.69) is 11.5 Å². The number of unbranched alkanes of at least 4 members (excludes halogenated alkanes) is 12. The summed E-state index contributed by atoms with van der Waals surface area (Å²) >= 11 is 1.66. The van der Waals surface area contributed by atoms with Gasteiger partial charge in [-0.05, 0) is 31.9 Å². The zero-order valence-corrected chi connectivity index (χ0v) is 27.9. The molecule has 244 valence electrons. The predicted molar refractivity (Wildman–Crippen MR) is 169 cm³/mol. The van der Waals surface area contributed by atoms with Gasteiger partial charge in [-0.1, -0.05) is 113 Å². The van der Waals surface area contributed by atoms with Crippen molar-refractivity contribution in [3.05, 3.63) is 46.9 Å². The molecule has 1 fully saturated rings. The van der Waals surface area contributed by atoms with E-state index in [4.69, 9.17) is 14.2 Å². The fraction of sp³-hybridized carbons (Fsp3) is 0.697. The Hall–Kier alpha value is -1.85. The minimum absolute atomic E-state index is 0.114. The molecule has 0 amide bonds. The number of nitrogens with zero attached hydrogens (tertiary/aromatic N) is 1. The second-order valence-corrected chi connectivity index (χ2v) is 13.5. The summed E-state index contributed by atoms with van der Waals surface area (Å²) in [6, 6.07) is 5.78. The first-order valence-electron chi connectivity index (χ1n) is 16.1. The van der Waals surface area contributed by atoms with Crippen LogP contribution in [0.3, 0.4) is 0 Å². The van der Waals surface area contributed by atoms with Crippen molar-refractivity contribution in [1.82, 2.24) is 0 Å². The number of hydrogen-bond acceptors (Lipinski definition) is 8. The number of aryl methyl sites for hydroxylation is 2. The first-order chi connectivity index (χ1) is 20.8. The highest BCUT2D eigenvalue weighted by molar-refractivity contribution is 7.85. The van der Waals surface area contributed by atoms with Crippen molar-refractivity contribution in [1.29, 1.82) is 0 Å². The summed E-state index contributed by atoms with van der Waals surface area (Å²) < 4.78 is 50.2. The summed E-state index contributed by atoms with van der Waals surface area (Å²) in [7, 11) is -4.27. The number of carbonyl (C=O) groups is 1. The predicted octanol–water partition coefficient (Wildman–Crippen LogP) is 7.48. The molecule has 0 radical (unpaired) electrons. The third-order valence-electron chi connectivity index (χ3n) is 7.42. The van der Waals surface area contributed by atoms with Crippen molar-refractivity contribution in [3.8, 4) is 0 Å². The Morgan fingerprint density at radius 1 is 0.953 bits per heavy atom. The molecule has 0 saturated carbocycles. The molecule has 1 aliphatic rings. The van der Waals surface area contributed by atoms with Gasteiger partial charge in [0.25, 0.3) is 0 Å². The monoisotopic (exact) mass is 639 g/mol. The van der Waals surface area contributed by atoms with E-state index in [0.717, 1.165) is 31.4 Å². The average molecular weight is 640 g/mol. The highest BCUT2D eigenvalue weighted by Crippen LogP contribution is 2.19. The van der Waals surface area contributed by atoms with Gasteiger partial charge in [-0.25, -0.2) is 8.42 Å². The highest BCUT2D eigenvalue weighted by atomic mass is 32.2. The Bertz CT molecular complexity index is 1080. The number of ether oxygens (including phenoxy) is 3. The Morgan fingerprint density at radius 3 is 2.12 bits per heavy atom. The third-order valence-corrected chi connectivity index (χ3v) is 8.94. The zero-order chi connectivity index (χ0) is 31.2. The van der Waals surface area contributed by atoms with E-state index in [1.807, 2.05) is 24.0 Å². The number of aromatic nitrogens is 1. The van der Waals surface area contributed by atoms with E-state index in [9.17, 15) is 17.8 Å². The first-order valence-corrected chi connectivity index (χ1v) is 18.5. The molecular formula is C33H53NO7S2. The van der Waals surface area contributed by atoms with E-state index < -0.39 is 10.1 Å². The van der Waals surface area contributed by atoms with Crippen LogP contribution in [0.2, 0.25) is 0 Å². The molecule has 0 aliphatic carbocycles. The van der Waals surface area contributed by atoms with Crippen LogP contribution < -0.4 is 4.57 Å². The lowest BCUT2D eigenvalue weighted by Gasteiger charge is -2.12. The quantitative estimate of drug-likeness (QED) is 0.0603. The lowest BCUT2D eigenvalue weighted by atomic mass is 10.0. The molecule has 0 N–H and O–H groups in total. The molecule has 2 aromatic rings. The van der Waals surface area contributed by atoms with Crippen LogP contribution >= 0.6 is 11.3 Å². The maximum Gasteiger partial charge on any atom is 0.306 e. The van der Waals surface area contributed by atoms with Crippen LogP contribution in [0.4, 0.5) is 0 Å². The maximum absolute atomic E-state index is 11.9. The minimum atomic E-state index is -4.27. The molecule has 8 nitrogen and oxygen atoms in total. The minimum Gasteiger partial charge on any atom is -0.744 e. The van der Waals surface area contributed by atoms with E-state index in [1.54, 1.807) is 23.5 Å². The van der Waals surface area contributed by atoms with E-state index in [0.29, 0.717) is 19.6 Å². The van der Waals surface area contributed by atoms with Gasteiger partial charge in [-0.15, -0.1) is 0 Å². The molecule has 1 aliphatic heterocycles. The molecule has 2 atom stereocenters. The van der Waals surface area contributed by atoms with Gasteiger partial charge in [0, 0.05) is 6.42 Å². The highest BCUT2D eigenvalue weighted by Gasteiger charge is 2.26. The Labute approximate surface area is 263 Å². The molecule has 1 aromatic heterocycles. The summed E-state index contributed by atoms with van der Waals surface area (Å²) in [6.07, 6.45) is 21.7. The van der Waals surface area contributed by atoms with Gasteiger partial charge in [-0.2, -0.15) is 4.57 Å². The van der Waals surface area contributed by atoms with Crippen molar-refractivity contribution < 1.29 is 36.5 Å². The Morgan fingerprint density at radius 2 is 1.56 bits per heavy atom. The van der Waals surface area contributed by atoms with Gasteiger partial charge < -0.3 is 18.8 Å². The molecule has 43 heavy (non-hydrogen) atoms. The molecule has 3 rings (SSSR count). The normalized spacial score (nSPS) is 16.5. The van der Waals surface area contributed by atoms with Crippen LogP contribution in [0.1, 0.15) is 115 Å². The van der Waals surface area contributed by atoms with Gasteiger partial charge >= 0.3 is 5.97 Å². The van der Waals surface area contributed by atoms with Gasteiger partial charge in [-0.3, -0.25) is 4.79 Å². The molecule has 0 spiro atoms. The Kier molecular flexibility index (Phi) is 19.6. The lowest BCUT2D eigenvalue weighted by Crippen LogP contribution is -2.30. The van der Waals surface area contributed by atoms with Crippen LogP contribution in [-0.2, 0) is 35.7 Å². The summed E-state index contributed by atoms with van der Waals surface area (Å²) in [6.45, 7) is 5.78.